The SMILES string of the molecule is CC(=O)c1ccc(C#C[Si](C)(C)C)cc1C. The van der Waals surface area contributed by atoms with E-state index in [0.29, 0.717) is 0 Å². The molecule has 0 aliphatic rings. The summed E-state index contributed by atoms with van der Waals surface area (Å²) in [4.78, 5) is 11.3. The van der Waals surface area contributed by atoms with Crippen molar-refractivity contribution in [3.05, 3.63) is 34.9 Å². The third-order valence-electron chi connectivity index (χ3n) is 2.19. The number of aryl methyl sites for hydroxylation is 1. The summed E-state index contributed by atoms with van der Waals surface area (Å²) < 4.78 is 0. The molecule has 0 heterocycles. The fourth-order valence-electron chi connectivity index (χ4n) is 1.40. The third-order valence-corrected chi connectivity index (χ3v) is 3.06. The van der Waals surface area contributed by atoms with Crippen molar-refractivity contribution in [1.82, 2.24) is 0 Å². The van der Waals surface area contributed by atoms with E-state index in [0.717, 1.165) is 16.7 Å². The smallest absolute Gasteiger partial charge is 0.160 e. The van der Waals surface area contributed by atoms with E-state index in [-0.39, 0.29) is 5.78 Å². The fourth-order valence-corrected chi connectivity index (χ4v) is 1.92. The zero-order chi connectivity index (χ0) is 12.3. The van der Waals surface area contributed by atoms with Gasteiger partial charge in [-0.25, -0.2) is 0 Å². The summed E-state index contributed by atoms with van der Waals surface area (Å²) in [6.45, 7) is 10.2. The third kappa shape index (κ3) is 3.67. The zero-order valence-corrected chi connectivity index (χ0v) is 11.6. The standard InChI is InChI=1S/C14H18OSi/c1-11-10-13(8-9-16(3,4)5)6-7-14(11)12(2)15/h6-7,10H,1-5H3. The van der Waals surface area contributed by atoms with E-state index in [2.05, 4.69) is 31.1 Å². The highest BCUT2D eigenvalue weighted by Gasteiger charge is 2.08. The van der Waals surface area contributed by atoms with Crippen LogP contribution in [0.2, 0.25) is 19.6 Å². The van der Waals surface area contributed by atoms with Crippen LogP contribution in [0.1, 0.15) is 28.4 Å². The average Bonchev–Trinajstić information content (AvgIpc) is 2.13. The molecule has 2 heteroatoms. The number of hydrogen-bond donors (Lipinski definition) is 0. The summed E-state index contributed by atoms with van der Waals surface area (Å²) in [6.07, 6.45) is 0. The van der Waals surface area contributed by atoms with Crippen LogP contribution in [0.4, 0.5) is 0 Å². The minimum atomic E-state index is -1.32. The average molecular weight is 230 g/mol. The second kappa shape index (κ2) is 4.67. The maximum absolute atomic E-state index is 11.3. The number of carbonyl (C=O) groups excluding carboxylic acids is 1. The first-order chi connectivity index (χ1) is 7.29. The Kier molecular flexibility index (Phi) is 3.72. The van der Waals surface area contributed by atoms with Crippen LogP contribution in [-0.4, -0.2) is 13.9 Å². The topological polar surface area (TPSA) is 17.1 Å². The van der Waals surface area contributed by atoms with Crippen molar-refractivity contribution in [2.75, 3.05) is 0 Å². The minimum Gasteiger partial charge on any atom is -0.295 e. The van der Waals surface area contributed by atoms with Crippen molar-refractivity contribution in [3.63, 3.8) is 0 Å². The van der Waals surface area contributed by atoms with Crippen LogP contribution in [0.5, 0.6) is 0 Å². The van der Waals surface area contributed by atoms with Gasteiger partial charge < -0.3 is 0 Å². The maximum atomic E-state index is 11.3. The molecule has 1 aromatic carbocycles. The lowest BCUT2D eigenvalue weighted by atomic mass is 10.0. The van der Waals surface area contributed by atoms with Crippen molar-refractivity contribution in [3.8, 4) is 11.5 Å². The molecule has 0 fully saturated rings. The molecular weight excluding hydrogens is 212 g/mol. The molecule has 0 N–H and O–H groups in total. The van der Waals surface area contributed by atoms with Crippen LogP contribution < -0.4 is 0 Å². The summed E-state index contributed by atoms with van der Waals surface area (Å²) in [5.74, 6) is 3.31. The molecule has 0 radical (unpaired) electrons. The largest absolute Gasteiger partial charge is 0.295 e. The van der Waals surface area contributed by atoms with E-state index in [1.54, 1.807) is 6.92 Å². The second-order valence-corrected chi connectivity index (χ2v) is 9.84. The van der Waals surface area contributed by atoms with Gasteiger partial charge in [-0.1, -0.05) is 25.6 Å². The van der Waals surface area contributed by atoms with Gasteiger partial charge in [-0.2, -0.15) is 0 Å². The van der Waals surface area contributed by atoms with Crippen LogP contribution in [0.25, 0.3) is 0 Å². The van der Waals surface area contributed by atoms with E-state index < -0.39 is 8.07 Å². The molecule has 0 atom stereocenters. The van der Waals surface area contributed by atoms with Crippen LogP contribution >= 0.6 is 0 Å². The first-order valence-electron chi connectivity index (χ1n) is 5.44. The van der Waals surface area contributed by atoms with E-state index >= 15 is 0 Å². The first-order valence-corrected chi connectivity index (χ1v) is 8.94. The van der Waals surface area contributed by atoms with Gasteiger partial charge in [-0.05, 0) is 37.6 Å². The lowest BCUT2D eigenvalue weighted by molar-refractivity contribution is 0.101. The lowest BCUT2D eigenvalue weighted by Crippen LogP contribution is -2.16. The molecule has 84 valence electrons. The Hall–Kier alpha value is -1.33. The summed E-state index contributed by atoms with van der Waals surface area (Å²) in [5, 5.41) is 0. The summed E-state index contributed by atoms with van der Waals surface area (Å²) in [7, 11) is -1.32. The monoisotopic (exact) mass is 230 g/mol. The van der Waals surface area contributed by atoms with Crippen LogP contribution in [0, 0.1) is 18.4 Å². The highest BCUT2D eigenvalue weighted by atomic mass is 28.3. The molecule has 1 rings (SSSR count). The molecule has 1 nitrogen and oxygen atoms in total. The fraction of sp³-hybridized carbons (Fsp3) is 0.357. The van der Waals surface area contributed by atoms with Gasteiger partial charge in [-0.15, -0.1) is 5.54 Å². The number of Topliss-reactive ketones (excluding diaryl/α,β-unsaturated/α-hetero) is 1. The minimum absolute atomic E-state index is 0.113. The molecule has 0 aromatic heterocycles. The predicted molar refractivity (Wildman–Crippen MR) is 71.4 cm³/mol. The Morgan fingerprint density at radius 2 is 1.88 bits per heavy atom. The van der Waals surface area contributed by atoms with E-state index in [4.69, 9.17) is 0 Å². The number of carbonyl (C=O) groups is 1. The van der Waals surface area contributed by atoms with Gasteiger partial charge >= 0.3 is 0 Å². The molecule has 0 amide bonds. The van der Waals surface area contributed by atoms with Crippen molar-refractivity contribution < 1.29 is 4.79 Å². The Morgan fingerprint density at radius 3 is 2.31 bits per heavy atom. The molecule has 0 aliphatic heterocycles. The Bertz CT molecular complexity index is 470. The van der Waals surface area contributed by atoms with Crippen molar-refractivity contribution in [2.24, 2.45) is 0 Å². The van der Waals surface area contributed by atoms with E-state index in [9.17, 15) is 4.79 Å². The van der Waals surface area contributed by atoms with Gasteiger partial charge in [0, 0.05) is 11.1 Å². The number of benzene rings is 1. The molecule has 16 heavy (non-hydrogen) atoms. The van der Waals surface area contributed by atoms with Crippen LogP contribution in [-0.2, 0) is 0 Å². The first kappa shape index (κ1) is 12.7. The molecule has 0 bridgehead atoms. The van der Waals surface area contributed by atoms with Gasteiger partial charge in [0.25, 0.3) is 0 Å². The predicted octanol–water partition coefficient (Wildman–Crippen LogP) is 3.43. The normalized spacial score (nSPS) is 10.6. The second-order valence-electron chi connectivity index (χ2n) is 5.09. The van der Waals surface area contributed by atoms with Crippen LogP contribution in [0.3, 0.4) is 0 Å². The van der Waals surface area contributed by atoms with Crippen molar-refractivity contribution >= 4 is 13.9 Å². The molecule has 0 unspecified atom stereocenters. The number of rotatable bonds is 1. The lowest BCUT2D eigenvalue weighted by Gasteiger charge is -2.04. The quantitative estimate of drug-likeness (QED) is 0.410. The maximum Gasteiger partial charge on any atom is 0.160 e. The molecule has 0 spiro atoms. The van der Waals surface area contributed by atoms with Crippen LogP contribution in [0.15, 0.2) is 18.2 Å². The van der Waals surface area contributed by atoms with Gasteiger partial charge in [0.15, 0.2) is 5.78 Å². The molecular formula is C14H18OSi. The summed E-state index contributed by atoms with van der Waals surface area (Å²) in [5.41, 5.74) is 6.12. The van der Waals surface area contributed by atoms with Gasteiger partial charge in [0.05, 0.1) is 0 Å². The molecule has 1 aromatic rings. The Morgan fingerprint density at radius 1 is 1.25 bits per heavy atom. The van der Waals surface area contributed by atoms with Crippen molar-refractivity contribution in [2.45, 2.75) is 33.5 Å². The van der Waals surface area contributed by atoms with Crippen molar-refractivity contribution in [1.29, 1.82) is 0 Å². The number of hydrogen-bond acceptors (Lipinski definition) is 1. The summed E-state index contributed by atoms with van der Waals surface area (Å²) >= 11 is 0. The molecule has 0 saturated carbocycles. The summed E-state index contributed by atoms with van der Waals surface area (Å²) in [6, 6.07) is 5.78. The van der Waals surface area contributed by atoms with Gasteiger partial charge in [0.1, 0.15) is 8.07 Å². The Labute approximate surface area is 98.9 Å². The highest BCUT2D eigenvalue weighted by molar-refractivity contribution is 6.83. The molecule has 0 aliphatic carbocycles. The van der Waals surface area contributed by atoms with Gasteiger partial charge in [-0.3, -0.25) is 4.79 Å². The zero-order valence-electron chi connectivity index (χ0n) is 10.6. The van der Waals surface area contributed by atoms with E-state index in [1.165, 1.54) is 0 Å². The number of ketones is 1. The van der Waals surface area contributed by atoms with Gasteiger partial charge in [0.2, 0.25) is 0 Å². The van der Waals surface area contributed by atoms with E-state index in [1.807, 2.05) is 25.1 Å². The Balaban J connectivity index is 3.06. The molecule has 0 saturated heterocycles. The highest BCUT2D eigenvalue weighted by Crippen LogP contribution is 2.11.